The van der Waals surface area contributed by atoms with Crippen LogP contribution in [-0.4, -0.2) is 35.1 Å². The standard InChI is InChI=1S/C15H18FNO2/c16-14-6-2-1-5-11(14)12-8-13(12)15(19)17-7-3-4-10(17)9-18/h1-2,5-6,10,12-13,18H,3-4,7-9H2/t10-,12?,13?/m1/s1. The van der Waals surface area contributed by atoms with Gasteiger partial charge in [-0.1, -0.05) is 18.2 Å². The van der Waals surface area contributed by atoms with Crippen molar-refractivity contribution in [1.82, 2.24) is 4.90 Å². The van der Waals surface area contributed by atoms with E-state index in [4.69, 9.17) is 0 Å². The molecule has 1 saturated carbocycles. The highest BCUT2D eigenvalue weighted by Crippen LogP contribution is 2.49. The largest absolute Gasteiger partial charge is 0.394 e. The number of rotatable bonds is 3. The summed E-state index contributed by atoms with van der Waals surface area (Å²) in [5.74, 6) is -0.203. The lowest BCUT2D eigenvalue weighted by Gasteiger charge is -2.23. The molecule has 102 valence electrons. The van der Waals surface area contributed by atoms with Gasteiger partial charge >= 0.3 is 0 Å². The lowest BCUT2D eigenvalue weighted by Crippen LogP contribution is -2.38. The molecule has 3 rings (SSSR count). The van der Waals surface area contributed by atoms with Crippen LogP contribution in [0.15, 0.2) is 24.3 Å². The summed E-state index contributed by atoms with van der Waals surface area (Å²) < 4.78 is 13.7. The van der Waals surface area contributed by atoms with Gasteiger partial charge in [-0.15, -0.1) is 0 Å². The van der Waals surface area contributed by atoms with Crippen molar-refractivity contribution in [3.8, 4) is 0 Å². The van der Waals surface area contributed by atoms with E-state index in [1.165, 1.54) is 6.07 Å². The van der Waals surface area contributed by atoms with Gasteiger partial charge < -0.3 is 10.0 Å². The average Bonchev–Trinajstić information content (AvgIpc) is 3.07. The van der Waals surface area contributed by atoms with Crippen molar-refractivity contribution >= 4 is 5.91 Å². The Labute approximate surface area is 112 Å². The fourth-order valence-corrected chi connectivity index (χ4v) is 3.12. The second-order valence-corrected chi connectivity index (χ2v) is 5.48. The van der Waals surface area contributed by atoms with E-state index in [9.17, 15) is 14.3 Å². The van der Waals surface area contributed by atoms with Crippen molar-refractivity contribution in [2.75, 3.05) is 13.2 Å². The average molecular weight is 263 g/mol. The summed E-state index contributed by atoms with van der Waals surface area (Å²) in [4.78, 5) is 14.1. The molecule has 2 aliphatic rings. The minimum absolute atomic E-state index is 0.0219. The number of halogens is 1. The fourth-order valence-electron chi connectivity index (χ4n) is 3.12. The molecule has 0 aromatic heterocycles. The smallest absolute Gasteiger partial charge is 0.226 e. The van der Waals surface area contributed by atoms with E-state index in [0.29, 0.717) is 5.56 Å². The molecular formula is C15H18FNO2. The first-order chi connectivity index (χ1) is 9.22. The zero-order valence-corrected chi connectivity index (χ0v) is 10.8. The van der Waals surface area contributed by atoms with Gasteiger partial charge in [-0.25, -0.2) is 4.39 Å². The predicted octanol–water partition coefficient (Wildman–Crippen LogP) is 1.91. The molecule has 0 spiro atoms. The SMILES string of the molecule is O=C(C1CC1c1ccccc1F)N1CCC[C@@H]1CO. The predicted molar refractivity (Wildman–Crippen MR) is 69.1 cm³/mol. The maximum absolute atomic E-state index is 13.7. The van der Waals surface area contributed by atoms with Crippen molar-refractivity contribution in [2.24, 2.45) is 5.92 Å². The summed E-state index contributed by atoms with van der Waals surface area (Å²) in [6.07, 6.45) is 2.56. The van der Waals surface area contributed by atoms with Crippen LogP contribution in [0.5, 0.6) is 0 Å². The third-order valence-corrected chi connectivity index (χ3v) is 4.28. The molecule has 1 aromatic carbocycles. The molecule has 3 nitrogen and oxygen atoms in total. The summed E-state index contributed by atoms with van der Waals surface area (Å²) in [5, 5.41) is 9.26. The maximum atomic E-state index is 13.7. The van der Waals surface area contributed by atoms with Crippen molar-refractivity contribution in [3.63, 3.8) is 0 Å². The van der Waals surface area contributed by atoms with E-state index in [-0.39, 0.29) is 36.2 Å². The Bertz CT molecular complexity index is 491. The van der Waals surface area contributed by atoms with Gasteiger partial charge in [-0.3, -0.25) is 4.79 Å². The second-order valence-electron chi connectivity index (χ2n) is 5.48. The normalized spacial score (nSPS) is 29.6. The van der Waals surface area contributed by atoms with Crippen LogP contribution in [0.25, 0.3) is 0 Å². The van der Waals surface area contributed by atoms with Crippen LogP contribution in [0, 0.1) is 11.7 Å². The van der Waals surface area contributed by atoms with E-state index in [2.05, 4.69) is 0 Å². The van der Waals surface area contributed by atoms with Crippen LogP contribution in [-0.2, 0) is 4.79 Å². The van der Waals surface area contributed by atoms with Crippen LogP contribution in [0.1, 0.15) is 30.7 Å². The Balaban J connectivity index is 1.70. The van der Waals surface area contributed by atoms with Gasteiger partial charge in [0.25, 0.3) is 0 Å². The topological polar surface area (TPSA) is 40.5 Å². The van der Waals surface area contributed by atoms with Gasteiger partial charge in [0.2, 0.25) is 5.91 Å². The minimum atomic E-state index is -0.220. The third-order valence-electron chi connectivity index (χ3n) is 4.28. The highest BCUT2D eigenvalue weighted by molar-refractivity contribution is 5.83. The molecule has 19 heavy (non-hydrogen) atoms. The summed E-state index contributed by atoms with van der Waals surface area (Å²) in [5.41, 5.74) is 0.653. The number of nitrogens with zero attached hydrogens (tertiary/aromatic N) is 1. The molecule has 1 aromatic rings. The van der Waals surface area contributed by atoms with E-state index < -0.39 is 0 Å². The van der Waals surface area contributed by atoms with Crippen LogP contribution in [0.4, 0.5) is 4.39 Å². The van der Waals surface area contributed by atoms with Gasteiger partial charge in [0.15, 0.2) is 0 Å². The van der Waals surface area contributed by atoms with E-state index >= 15 is 0 Å². The molecule has 4 heteroatoms. The fraction of sp³-hybridized carbons (Fsp3) is 0.533. The van der Waals surface area contributed by atoms with Crippen molar-refractivity contribution in [3.05, 3.63) is 35.6 Å². The molecule has 2 unspecified atom stereocenters. The molecule has 1 N–H and O–H groups in total. The molecule has 2 fully saturated rings. The van der Waals surface area contributed by atoms with Gasteiger partial charge in [-0.2, -0.15) is 0 Å². The second kappa shape index (κ2) is 4.93. The molecule has 1 aliphatic heterocycles. The van der Waals surface area contributed by atoms with E-state index in [1.54, 1.807) is 17.0 Å². The van der Waals surface area contributed by atoms with Crippen LogP contribution in [0.3, 0.4) is 0 Å². The zero-order chi connectivity index (χ0) is 13.4. The number of hydrogen-bond donors (Lipinski definition) is 1. The van der Waals surface area contributed by atoms with Gasteiger partial charge in [0.05, 0.1) is 12.6 Å². The molecule has 1 aliphatic carbocycles. The summed E-state index contributed by atoms with van der Waals surface area (Å²) >= 11 is 0. The van der Waals surface area contributed by atoms with Gasteiger partial charge in [-0.05, 0) is 36.8 Å². The first kappa shape index (κ1) is 12.6. The quantitative estimate of drug-likeness (QED) is 0.905. The van der Waals surface area contributed by atoms with Crippen molar-refractivity contribution < 1.29 is 14.3 Å². The molecule has 1 amide bonds. The number of benzene rings is 1. The molecular weight excluding hydrogens is 245 g/mol. The maximum Gasteiger partial charge on any atom is 0.226 e. The Morgan fingerprint density at radius 3 is 2.95 bits per heavy atom. The number of carbonyl (C=O) groups excluding carboxylic acids is 1. The number of aliphatic hydroxyl groups is 1. The summed E-state index contributed by atoms with van der Waals surface area (Å²) in [7, 11) is 0. The number of amides is 1. The highest BCUT2D eigenvalue weighted by atomic mass is 19.1. The van der Waals surface area contributed by atoms with E-state index in [0.717, 1.165) is 25.8 Å². The van der Waals surface area contributed by atoms with Gasteiger partial charge in [0.1, 0.15) is 5.82 Å². The number of carbonyl (C=O) groups is 1. The first-order valence-corrected chi connectivity index (χ1v) is 6.88. The Morgan fingerprint density at radius 2 is 2.21 bits per heavy atom. The Hall–Kier alpha value is -1.42. The van der Waals surface area contributed by atoms with Crippen molar-refractivity contribution in [1.29, 1.82) is 0 Å². The lowest BCUT2D eigenvalue weighted by atomic mass is 10.1. The Kier molecular flexibility index (Phi) is 3.27. The first-order valence-electron chi connectivity index (χ1n) is 6.88. The molecule has 0 radical (unpaired) electrons. The molecule has 0 bridgehead atoms. The highest BCUT2D eigenvalue weighted by Gasteiger charge is 2.48. The number of aliphatic hydroxyl groups excluding tert-OH is 1. The third kappa shape index (κ3) is 2.25. The number of hydrogen-bond acceptors (Lipinski definition) is 2. The van der Waals surface area contributed by atoms with Crippen LogP contribution < -0.4 is 0 Å². The summed E-state index contributed by atoms with van der Waals surface area (Å²) in [6.45, 7) is 0.757. The monoisotopic (exact) mass is 263 g/mol. The lowest BCUT2D eigenvalue weighted by molar-refractivity contribution is -0.134. The van der Waals surface area contributed by atoms with Crippen LogP contribution >= 0.6 is 0 Å². The molecule has 1 heterocycles. The Morgan fingerprint density at radius 1 is 1.42 bits per heavy atom. The number of likely N-dealkylation sites (tertiary alicyclic amines) is 1. The summed E-state index contributed by atoms with van der Waals surface area (Å²) in [6, 6.07) is 6.65. The van der Waals surface area contributed by atoms with Crippen molar-refractivity contribution in [2.45, 2.75) is 31.2 Å². The van der Waals surface area contributed by atoms with E-state index in [1.807, 2.05) is 6.07 Å². The minimum Gasteiger partial charge on any atom is -0.394 e. The molecule has 3 atom stereocenters. The molecule has 1 saturated heterocycles. The van der Waals surface area contributed by atoms with Crippen LogP contribution in [0.2, 0.25) is 0 Å². The zero-order valence-electron chi connectivity index (χ0n) is 10.8. The van der Waals surface area contributed by atoms with Gasteiger partial charge in [0, 0.05) is 12.5 Å².